The molecule has 1 aliphatic rings. The maximum absolute atomic E-state index is 12.1. The lowest BCUT2D eigenvalue weighted by Gasteiger charge is -2.03. The summed E-state index contributed by atoms with van der Waals surface area (Å²) in [7, 11) is 0. The fourth-order valence-electron chi connectivity index (χ4n) is 2.13. The van der Waals surface area contributed by atoms with Crippen molar-refractivity contribution in [1.82, 2.24) is 0 Å². The highest BCUT2D eigenvalue weighted by atomic mass is 35.5. The number of rotatable bonds is 5. The summed E-state index contributed by atoms with van der Waals surface area (Å²) in [5.41, 5.74) is 0.992. The van der Waals surface area contributed by atoms with Gasteiger partial charge in [-0.3, -0.25) is 4.79 Å². The van der Waals surface area contributed by atoms with Gasteiger partial charge >= 0.3 is 5.97 Å². The molecule has 3 rings (SSSR count). The van der Waals surface area contributed by atoms with Crippen LogP contribution < -0.4 is 9.47 Å². The monoisotopic (exact) mass is 378 g/mol. The van der Waals surface area contributed by atoms with Gasteiger partial charge in [-0.05, 0) is 42.0 Å². The quantitative estimate of drug-likeness (QED) is 0.444. The summed E-state index contributed by atoms with van der Waals surface area (Å²) in [4.78, 5) is 23.8. The van der Waals surface area contributed by atoms with Crippen molar-refractivity contribution in [1.29, 1.82) is 0 Å². The third-order valence-electron chi connectivity index (χ3n) is 3.40. The average Bonchev–Trinajstić information content (AvgIpc) is 3.06. The van der Waals surface area contributed by atoms with E-state index in [0.717, 1.165) is 0 Å². The number of benzene rings is 2. The van der Waals surface area contributed by atoms with Crippen molar-refractivity contribution in [3.05, 3.63) is 63.6 Å². The van der Waals surface area contributed by atoms with Crippen LogP contribution >= 0.6 is 23.2 Å². The zero-order valence-corrected chi connectivity index (χ0v) is 14.3. The molecular formula is C18H12Cl2O5. The van der Waals surface area contributed by atoms with E-state index in [2.05, 4.69) is 0 Å². The summed E-state index contributed by atoms with van der Waals surface area (Å²) in [6, 6.07) is 9.68. The molecule has 128 valence electrons. The van der Waals surface area contributed by atoms with Gasteiger partial charge in [0.05, 0.1) is 0 Å². The highest BCUT2D eigenvalue weighted by molar-refractivity contribution is 6.35. The molecule has 0 saturated carbocycles. The van der Waals surface area contributed by atoms with Crippen LogP contribution in [0.15, 0.2) is 42.5 Å². The van der Waals surface area contributed by atoms with Gasteiger partial charge in [0.25, 0.3) is 0 Å². The van der Waals surface area contributed by atoms with Gasteiger partial charge in [0.2, 0.25) is 6.79 Å². The van der Waals surface area contributed by atoms with E-state index in [1.165, 1.54) is 12.2 Å². The largest absolute Gasteiger partial charge is 0.454 e. The maximum Gasteiger partial charge on any atom is 0.331 e. The molecule has 0 amide bonds. The number of hydrogen-bond donors (Lipinski definition) is 0. The number of carbonyl (C=O) groups excluding carboxylic acids is 2. The first kappa shape index (κ1) is 17.3. The second-order valence-electron chi connectivity index (χ2n) is 5.10. The van der Waals surface area contributed by atoms with E-state index in [4.69, 9.17) is 37.4 Å². The molecular weight excluding hydrogens is 367 g/mol. The first-order valence-electron chi connectivity index (χ1n) is 7.25. The smallest absolute Gasteiger partial charge is 0.331 e. The second-order valence-corrected chi connectivity index (χ2v) is 5.94. The minimum atomic E-state index is -0.653. The Labute approximate surface area is 153 Å². The third kappa shape index (κ3) is 4.32. The lowest BCUT2D eigenvalue weighted by atomic mass is 10.1. The number of fused-ring (bicyclic) bond motifs is 1. The summed E-state index contributed by atoms with van der Waals surface area (Å²) in [5.74, 6) is 0.0791. The van der Waals surface area contributed by atoms with E-state index in [9.17, 15) is 9.59 Å². The van der Waals surface area contributed by atoms with Crippen LogP contribution in [0.2, 0.25) is 10.0 Å². The Morgan fingerprint density at radius 1 is 1.08 bits per heavy atom. The van der Waals surface area contributed by atoms with Crippen molar-refractivity contribution in [3.8, 4) is 11.5 Å². The van der Waals surface area contributed by atoms with Crippen molar-refractivity contribution in [2.45, 2.75) is 0 Å². The standard InChI is InChI=1S/C18H12Cl2O5/c19-13-4-1-11(14(20)8-13)3-6-18(22)23-9-15(21)12-2-5-16-17(7-12)25-10-24-16/h1-8H,9-10H2/b6-3+. The molecule has 0 bridgehead atoms. The molecule has 0 aliphatic carbocycles. The van der Waals surface area contributed by atoms with E-state index < -0.39 is 5.97 Å². The molecule has 1 heterocycles. The number of Topliss-reactive ketones (excluding diaryl/α,β-unsaturated/α-hetero) is 1. The summed E-state index contributed by atoms with van der Waals surface area (Å²) in [6.07, 6.45) is 2.69. The average molecular weight is 379 g/mol. The van der Waals surface area contributed by atoms with Gasteiger partial charge in [0, 0.05) is 21.7 Å². The van der Waals surface area contributed by atoms with Crippen LogP contribution in [0.4, 0.5) is 0 Å². The Kier molecular flexibility index (Phi) is 5.26. The highest BCUT2D eigenvalue weighted by Crippen LogP contribution is 2.32. The Balaban J connectivity index is 1.56. The second kappa shape index (κ2) is 7.59. The molecule has 0 radical (unpaired) electrons. The van der Waals surface area contributed by atoms with E-state index in [1.807, 2.05) is 0 Å². The van der Waals surface area contributed by atoms with Crippen LogP contribution in [0, 0.1) is 0 Å². The number of esters is 1. The number of ether oxygens (including phenoxy) is 3. The van der Waals surface area contributed by atoms with Gasteiger partial charge in [-0.2, -0.15) is 0 Å². The van der Waals surface area contributed by atoms with Crippen LogP contribution in [0.1, 0.15) is 15.9 Å². The fourth-order valence-corrected chi connectivity index (χ4v) is 2.60. The van der Waals surface area contributed by atoms with Crippen molar-refractivity contribution in [2.24, 2.45) is 0 Å². The molecule has 1 aliphatic heterocycles. The predicted octanol–water partition coefficient (Wildman–Crippen LogP) is 4.16. The Morgan fingerprint density at radius 2 is 1.88 bits per heavy atom. The van der Waals surface area contributed by atoms with Gasteiger partial charge in [-0.1, -0.05) is 29.3 Å². The molecule has 0 unspecified atom stereocenters. The van der Waals surface area contributed by atoms with Crippen molar-refractivity contribution >= 4 is 41.0 Å². The van der Waals surface area contributed by atoms with Gasteiger partial charge in [0.1, 0.15) is 0 Å². The summed E-state index contributed by atoms with van der Waals surface area (Å²) < 4.78 is 15.3. The van der Waals surface area contributed by atoms with Crippen LogP contribution in [0.3, 0.4) is 0 Å². The van der Waals surface area contributed by atoms with Crippen LogP contribution in [-0.4, -0.2) is 25.2 Å². The van der Waals surface area contributed by atoms with E-state index >= 15 is 0 Å². The third-order valence-corrected chi connectivity index (χ3v) is 3.96. The SMILES string of the molecule is O=C(/C=C/c1ccc(Cl)cc1Cl)OCC(=O)c1ccc2c(c1)OCO2. The van der Waals surface area contributed by atoms with E-state index in [-0.39, 0.29) is 19.2 Å². The topological polar surface area (TPSA) is 61.8 Å². The van der Waals surface area contributed by atoms with Crippen molar-refractivity contribution in [2.75, 3.05) is 13.4 Å². The minimum absolute atomic E-state index is 0.125. The lowest BCUT2D eigenvalue weighted by molar-refractivity contribution is -0.136. The summed E-state index contributed by atoms with van der Waals surface area (Å²) in [6.45, 7) is -0.253. The molecule has 2 aromatic carbocycles. The lowest BCUT2D eigenvalue weighted by Crippen LogP contribution is -2.12. The Hall–Kier alpha value is -2.50. The van der Waals surface area contributed by atoms with Gasteiger partial charge in [-0.15, -0.1) is 0 Å². The van der Waals surface area contributed by atoms with Crippen LogP contribution in [0.5, 0.6) is 11.5 Å². The molecule has 0 aromatic heterocycles. The summed E-state index contributed by atoms with van der Waals surface area (Å²) >= 11 is 11.8. The first-order valence-corrected chi connectivity index (χ1v) is 8.01. The fraction of sp³-hybridized carbons (Fsp3) is 0.111. The number of ketones is 1. The predicted molar refractivity (Wildman–Crippen MR) is 93.4 cm³/mol. The Bertz CT molecular complexity index is 861. The minimum Gasteiger partial charge on any atom is -0.454 e. The molecule has 2 aromatic rings. The first-order chi connectivity index (χ1) is 12.0. The number of halogens is 2. The van der Waals surface area contributed by atoms with Gasteiger partial charge in [-0.25, -0.2) is 4.79 Å². The van der Waals surface area contributed by atoms with Crippen molar-refractivity contribution < 1.29 is 23.8 Å². The van der Waals surface area contributed by atoms with E-state index in [0.29, 0.717) is 32.7 Å². The molecule has 25 heavy (non-hydrogen) atoms. The van der Waals surface area contributed by atoms with Crippen molar-refractivity contribution in [3.63, 3.8) is 0 Å². The van der Waals surface area contributed by atoms with Gasteiger partial charge < -0.3 is 14.2 Å². The molecule has 0 spiro atoms. The summed E-state index contributed by atoms with van der Waals surface area (Å²) in [5, 5.41) is 0.909. The normalized spacial score (nSPS) is 12.4. The maximum atomic E-state index is 12.1. The molecule has 7 heteroatoms. The molecule has 0 fully saturated rings. The molecule has 0 saturated heterocycles. The molecule has 0 atom stereocenters. The highest BCUT2D eigenvalue weighted by Gasteiger charge is 2.16. The molecule has 5 nitrogen and oxygen atoms in total. The number of carbonyl (C=O) groups is 2. The Morgan fingerprint density at radius 3 is 2.68 bits per heavy atom. The van der Waals surface area contributed by atoms with Gasteiger partial charge in [0.15, 0.2) is 23.9 Å². The zero-order valence-electron chi connectivity index (χ0n) is 12.8. The van der Waals surface area contributed by atoms with Crippen LogP contribution in [-0.2, 0) is 9.53 Å². The zero-order chi connectivity index (χ0) is 17.8. The van der Waals surface area contributed by atoms with Crippen LogP contribution in [0.25, 0.3) is 6.08 Å². The number of hydrogen-bond acceptors (Lipinski definition) is 5. The molecule has 0 N–H and O–H groups in total. The van der Waals surface area contributed by atoms with E-state index in [1.54, 1.807) is 36.4 Å².